The van der Waals surface area contributed by atoms with Gasteiger partial charge in [0.25, 0.3) is 0 Å². The number of rotatable bonds is 7. The van der Waals surface area contributed by atoms with E-state index in [2.05, 4.69) is 10.3 Å². The first kappa shape index (κ1) is 15.7. The molecule has 0 atom stereocenters. The van der Waals surface area contributed by atoms with E-state index in [1.807, 2.05) is 0 Å². The lowest BCUT2D eigenvalue weighted by Gasteiger charge is -2.06. The Balaban J connectivity index is 2.84. The zero-order valence-electron chi connectivity index (χ0n) is 11.8. The first-order valence-electron chi connectivity index (χ1n) is 6.29. The van der Waals surface area contributed by atoms with Gasteiger partial charge in [-0.25, -0.2) is 9.78 Å². The van der Waals surface area contributed by atoms with Gasteiger partial charge in [-0.2, -0.15) is 0 Å². The molecule has 0 amide bonds. The standard InChI is InChI=1S/C14H18N2O4/c1-4-12(17)11(14(18)20-5-2)9-15-10-6-7-13(19-3)16-8-10/h6-9,15H,4-5H2,1-3H3. The molecule has 20 heavy (non-hydrogen) atoms. The number of Topliss-reactive ketones (excluding diaryl/α,β-unsaturated/α-hetero) is 1. The van der Waals surface area contributed by atoms with E-state index < -0.39 is 5.97 Å². The van der Waals surface area contributed by atoms with Crippen molar-refractivity contribution in [3.05, 3.63) is 30.1 Å². The van der Waals surface area contributed by atoms with E-state index in [9.17, 15) is 9.59 Å². The van der Waals surface area contributed by atoms with Crippen LogP contribution in [-0.4, -0.2) is 30.5 Å². The van der Waals surface area contributed by atoms with Crippen molar-refractivity contribution in [1.29, 1.82) is 0 Å². The van der Waals surface area contributed by atoms with Crippen LogP contribution in [0, 0.1) is 0 Å². The molecule has 1 aromatic heterocycles. The van der Waals surface area contributed by atoms with Gasteiger partial charge in [-0.3, -0.25) is 4.79 Å². The summed E-state index contributed by atoms with van der Waals surface area (Å²) >= 11 is 0. The average Bonchev–Trinajstić information content (AvgIpc) is 2.48. The molecule has 0 bridgehead atoms. The second kappa shape index (κ2) is 7.93. The molecule has 0 radical (unpaired) electrons. The van der Waals surface area contributed by atoms with Crippen LogP contribution >= 0.6 is 0 Å². The molecule has 108 valence electrons. The summed E-state index contributed by atoms with van der Waals surface area (Å²) in [6.45, 7) is 3.59. The van der Waals surface area contributed by atoms with Crippen LogP contribution in [0.4, 0.5) is 5.69 Å². The number of methoxy groups -OCH3 is 1. The number of ether oxygens (including phenoxy) is 2. The van der Waals surface area contributed by atoms with Crippen molar-refractivity contribution in [2.45, 2.75) is 20.3 Å². The maximum Gasteiger partial charge on any atom is 0.343 e. The van der Waals surface area contributed by atoms with E-state index in [0.29, 0.717) is 11.6 Å². The third-order valence-corrected chi connectivity index (χ3v) is 2.45. The zero-order chi connectivity index (χ0) is 15.0. The summed E-state index contributed by atoms with van der Waals surface area (Å²) in [6, 6.07) is 3.39. The van der Waals surface area contributed by atoms with Gasteiger partial charge in [-0.15, -0.1) is 0 Å². The van der Waals surface area contributed by atoms with E-state index in [0.717, 1.165) is 0 Å². The first-order valence-corrected chi connectivity index (χ1v) is 6.29. The summed E-state index contributed by atoms with van der Waals surface area (Å²) in [5.74, 6) is -0.430. The summed E-state index contributed by atoms with van der Waals surface area (Å²) in [5, 5.41) is 2.85. The SMILES string of the molecule is CCOC(=O)C(=CNc1ccc(OC)nc1)C(=O)CC. The Kier molecular flexibility index (Phi) is 6.22. The molecule has 0 aliphatic rings. The molecule has 1 rings (SSSR count). The van der Waals surface area contributed by atoms with Crippen molar-refractivity contribution >= 4 is 17.4 Å². The van der Waals surface area contributed by atoms with Gasteiger partial charge in [0, 0.05) is 18.7 Å². The zero-order valence-corrected chi connectivity index (χ0v) is 11.8. The second-order valence-corrected chi connectivity index (χ2v) is 3.79. The van der Waals surface area contributed by atoms with E-state index >= 15 is 0 Å². The number of hydrogen-bond acceptors (Lipinski definition) is 6. The van der Waals surface area contributed by atoms with E-state index in [1.54, 1.807) is 26.0 Å². The highest BCUT2D eigenvalue weighted by molar-refractivity contribution is 6.17. The fraction of sp³-hybridized carbons (Fsp3) is 0.357. The van der Waals surface area contributed by atoms with E-state index in [-0.39, 0.29) is 24.4 Å². The van der Waals surface area contributed by atoms with Crippen LogP contribution in [-0.2, 0) is 14.3 Å². The van der Waals surface area contributed by atoms with Crippen molar-refractivity contribution in [2.24, 2.45) is 0 Å². The number of aromatic nitrogens is 1. The fourth-order valence-electron chi connectivity index (χ4n) is 1.39. The van der Waals surface area contributed by atoms with Crippen LogP contribution in [0.2, 0.25) is 0 Å². The number of pyridine rings is 1. The number of ketones is 1. The van der Waals surface area contributed by atoms with Crippen LogP contribution in [0.3, 0.4) is 0 Å². The smallest absolute Gasteiger partial charge is 0.343 e. The second-order valence-electron chi connectivity index (χ2n) is 3.79. The molecule has 0 saturated heterocycles. The Morgan fingerprint density at radius 2 is 2.10 bits per heavy atom. The third-order valence-electron chi connectivity index (χ3n) is 2.45. The number of carbonyl (C=O) groups excluding carboxylic acids is 2. The van der Waals surface area contributed by atoms with Gasteiger partial charge in [0.2, 0.25) is 5.88 Å². The number of nitrogens with zero attached hydrogens (tertiary/aromatic N) is 1. The first-order chi connectivity index (χ1) is 9.62. The minimum Gasteiger partial charge on any atom is -0.481 e. The van der Waals surface area contributed by atoms with Gasteiger partial charge in [-0.05, 0) is 13.0 Å². The summed E-state index contributed by atoms with van der Waals surface area (Å²) in [7, 11) is 1.52. The Morgan fingerprint density at radius 1 is 1.35 bits per heavy atom. The summed E-state index contributed by atoms with van der Waals surface area (Å²) in [4.78, 5) is 27.4. The summed E-state index contributed by atoms with van der Waals surface area (Å²) in [5.41, 5.74) is 0.627. The Hall–Kier alpha value is -2.37. The fourth-order valence-corrected chi connectivity index (χ4v) is 1.39. The Labute approximate surface area is 117 Å². The number of anilines is 1. The monoisotopic (exact) mass is 278 g/mol. The van der Waals surface area contributed by atoms with Gasteiger partial charge >= 0.3 is 5.97 Å². The van der Waals surface area contributed by atoms with Crippen molar-refractivity contribution in [3.8, 4) is 5.88 Å². The molecule has 6 nitrogen and oxygen atoms in total. The van der Waals surface area contributed by atoms with Gasteiger partial charge in [0.05, 0.1) is 25.6 Å². The molecule has 0 saturated carbocycles. The molecule has 1 aromatic rings. The molecular weight excluding hydrogens is 260 g/mol. The largest absolute Gasteiger partial charge is 0.481 e. The van der Waals surface area contributed by atoms with Crippen LogP contribution < -0.4 is 10.1 Å². The molecule has 0 fully saturated rings. The molecule has 0 aliphatic carbocycles. The van der Waals surface area contributed by atoms with Crippen molar-refractivity contribution in [3.63, 3.8) is 0 Å². The predicted octanol–water partition coefficient (Wildman–Crippen LogP) is 1.93. The molecule has 6 heteroatoms. The molecule has 0 aromatic carbocycles. The number of nitrogens with one attached hydrogen (secondary N) is 1. The van der Waals surface area contributed by atoms with E-state index in [1.165, 1.54) is 19.5 Å². The van der Waals surface area contributed by atoms with Crippen molar-refractivity contribution in [2.75, 3.05) is 19.0 Å². The minimum absolute atomic E-state index is 0.00910. The van der Waals surface area contributed by atoms with Crippen LogP contribution in [0.25, 0.3) is 0 Å². The molecule has 1 N–H and O–H groups in total. The van der Waals surface area contributed by atoms with Crippen LogP contribution in [0.1, 0.15) is 20.3 Å². The van der Waals surface area contributed by atoms with Gasteiger partial charge in [0.1, 0.15) is 5.57 Å². The predicted molar refractivity (Wildman–Crippen MR) is 74.4 cm³/mol. The van der Waals surface area contributed by atoms with Crippen LogP contribution in [0.5, 0.6) is 5.88 Å². The van der Waals surface area contributed by atoms with Gasteiger partial charge in [0.15, 0.2) is 5.78 Å². The van der Waals surface area contributed by atoms with Gasteiger partial charge < -0.3 is 14.8 Å². The summed E-state index contributed by atoms with van der Waals surface area (Å²) < 4.78 is 9.79. The number of hydrogen-bond donors (Lipinski definition) is 1. The lowest BCUT2D eigenvalue weighted by atomic mass is 10.1. The maximum absolute atomic E-state index is 11.7. The third kappa shape index (κ3) is 4.38. The molecule has 0 aliphatic heterocycles. The topological polar surface area (TPSA) is 77.5 Å². The van der Waals surface area contributed by atoms with Crippen molar-refractivity contribution in [1.82, 2.24) is 4.98 Å². The molecular formula is C14H18N2O4. The highest BCUT2D eigenvalue weighted by Gasteiger charge is 2.17. The van der Waals surface area contributed by atoms with Crippen LogP contribution in [0.15, 0.2) is 30.1 Å². The molecule has 0 spiro atoms. The number of esters is 1. The summed E-state index contributed by atoms with van der Waals surface area (Å²) in [6.07, 6.45) is 3.11. The van der Waals surface area contributed by atoms with Gasteiger partial charge in [-0.1, -0.05) is 6.92 Å². The highest BCUT2D eigenvalue weighted by Crippen LogP contribution is 2.12. The quantitative estimate of drug-likeness (QED) is 0.355. The number of carbonyl (C=O) groups is 2. The van der Waals surface area contributed by atoms with E-state index in [4.69, 9.17) is 9.47 Å². The Morgan fingerprint density at radius 3 is 2.60 bits per heavy atom. The lowest BCUT2D eigenvalue weighted by molar-refractivity contribution is -0.140. The normalized spacial score (nSPS) is 10.8. The maximum atomic E-state index is 11.7. The Bertz CT molecular complexity index is 494. The minimum atomic E-state index is -0.631. The molecule has 0 unspecified atom stereocenters. The lowest BCUT2D eigenvalue weighted by Crippen LogP contribution is -2.16. The highest BCUT2D eigenvalue weighted by atomic mass is 16.5. The molecule has 1 heterocycles. The van der Waals surface area contributed by atoms with Crippen molar-refractivity contribution < 1.29 is 19.1 Å². The average molecular weight is 278 g/mol.